The summed E-state index contributed by atoms with van der Waals surface area (Å²) < 4.78 is 16.6. The quantitative estimate of drug-likeness (QED) is 0.534. The van der Waals surface area contributed by atoms with Crippen molar-refractivity contribution in [2.24, 2.45) is 0 Å². The predicted molar refractivity (Wildman–Crippen MR) is 94.8 cm³/mol. The van der Waals surface area contributed by atoms with Crippen molar-refractivity contribution in [1.29, 1.82) is 0 Å². The Labute approximate surface area is 139 Å². The first-order valence-corrected chi connectivity index (χ1v) is 7.72. The molecule has 0 radical (unpaired) electrons. The summed E-state index contributed by atoms with van der Waals surface area (Å²) >= 11 is 0. The van der Waals surface area contributed by atoms with Gasteiger partial charge in [-0.25, -0.2) is 0 Å². The number of pyridine rings is 1. The monoisotopic (exact) mass is 319 g/mol. The molecule has 4 heteroatoms. The highest BCUT2D eigenvalue weighted by Gasteiger charge is 2.15. The Kier molecular flexibility index (Phi) is 3.38. The normalized spacial score (nSPS) is 11.1. The number of hydrogen-bond donors (Lipinski definition) is 0. The third kappa shape index (κ3) is 2.27. The number of ether oxygens (including phenoxy) is 2. The van der Waals surface area contributed by atoms with Crippen LogP contribution in [-0.4, -0.2) is 19.2 Å². The number of aryl methyl sites for hydroxylation is 1. The minimum atomic E-state index is 0.798. The van der Waals surface area contributed by atoms with E-state index in [9.17, 15) is 0 Å². The molecule has 4 aromatic rings. The van der Waals surface area contributed by atoms with Gasteiger partial charge in [-0.15, -0.1) is 0 Å². The Morgan fingerprint density at radius 1 is 0.833 bits per heavy atom. The van der Waals surface area contributed by atoms with E-state index in [-0.39, 0.29) is 0 Å². The van der Waals surface area contributed by atoms with Crippen molar-refractivity contribution in [2.75, 3.05) is 14.2 Å². The number of aromatic nitrogens is 1. The second kappa shape index (κ2) is 5.57. The van der Waals surface area contributed by atoms with Crippen LogP contribution in [0.1, 0.15) is 5.69 Å². The molecule has 2 heterocycles. The van der Waals surface area contributed by atoms with Gasteiger partial charge < -0.3 is 13.9 Å². The van der Waals surface area contributed by atoms with Gasteiger partial charge in [0.1, 0.15) is 22.7 Å². The summed E-state index contributed by atoms with van der Waals surface area (Å²) in [5.41, 5.74) is 4.50. The number of benzene rings is 2. The summed E-state index contributed by atoms with van der Waals surface area (Å²) in [6.45, 7) is 1.97. The highest BCUT2D eigenvalue weighted by molar-refractivity contribution is 6.11. The number of methoxy groups -OCH3 is 2. The summed E-state index contributed by atoms with van der Waals surface area (Å²) in [7, 11) is 3.32. The Morgan fingerprint density at radius 3 is 2.25 bits per heavy atom. The zero-order valence-corrected chi connectivity index (χ0v) is 13.8. The Bertz CT molecular complexity index is 1030. The summed E-state index contributed by atoms with van der Waals surface area (Å²) in [4.78, 5) is 4.76. The lowest BCUT2D eigenvalue weighted by Gasteiger charge is -2.06. The average Bonchev–Trinajstić information content (AvgIpc) is 2.98. The highest BCUT2D eigenvalue weighted by Crippen LogP contribution is 2.37. The standard InChI is InChI=1S/C20H17NO3/c1-12-10-18-19(16-11-15(23-3)8-9-17(16)24-18)20(21-12)13-4-6-14(22-2)7-5-13/h4-11H,1-3H3. The molecule has 0 N–H and O–H groups in total. The van der Waals surface area contributed by atoms with Crippen LogP contribution in [0.15, 0.2) is 52.9 Å². The van der Waals surface area contributed by atoms with Crippen LogP contribution in [0.25, 0.3) is 33.2 Å². The molecule has 2 aromatic carbocycles. The maximum atomic E-state index is 6.02. The highest BCUT2D eigenvalue weighted by atomic mass is 16.5. The Balaban J connectivity index is 2.05. The lowest BCUT2D eigenvalue weighted by Crippen LogP contribution is -1.89. The summed E-state index contributed by atoms with van der Waals surface area (Å²) in [6, 6.07) is 15.7. The van der Waals surface area contributed by atoms with Crippen molar-refractivity contribution < 1.29 is 13.9 Å². The fourth-order valence-corrected chi connectivity index (χ4v) is 2.98. The maximum absolute atomic E-state index is 6.02. The van der Waals surface area contributed by atoms with E-state index in [1.165, 1.54) is 0 Å². The van der Waals surface area contributed by atoms with Gasteiger partial charge in [-0.1, -0.05) is 0 Å². The third-order valence-electron chi connectivity index (χ3n) is 4.15. The first-order chi connectivity index (χ1) is 11.7. The summed E-state index contributed by atoms with van der Waals surface area (Å²) in [6.07, 6.45) is 0. The molecule has 0 aliphatic carbocycles. The predicted octanol–water partition coefficient (Wildman–Crippen LogP) is 4.97. The van der Waals surface area contributed by atoms with Crippen LogP contribution in [0.4, 0.5) is 0 Å². The molecule has 0 fully saturated rings. The second-order valence-corrected chi connectivity index (χ2v) is 5.68. The van der Waals surface area contributed by atoms with Crippen molar-refractivity contribution in [3.05, 3.63) is 54.2 Å². The third-order valence-corrected chi connectivity index (χ3v) is 4.15. The van der Waals surface area contributed by atoms with Crippen LogP contribution in [0.2, 0.25) is 0 Å². The van der Waals surface area contributed by atoms with Gasteiger partial charge in [-0.05, 0) is 49.4 Å². The first-order valence-electron chi connectivity index (χ1n) is 7.72. The van der Waals surface area contributed by atoms with E-state index in [4.69, 9.17) is 18.9 Å². The minimum absolute atomic E-state index is 0.798. The molecular weight excluding hydrogens is 302 g/mol. The van der Waals surface area contributed by atoms with Crippen LogP contribution in [0.3, 0.4) is 0 Å². The topological polar surface area (TPSA) is 44.5 Å². The molecule has 0 atom stereocenters. The molecule has 0 bridgehead atoms. The zero-order chi connectivity index (χ0) is 16.7. The Hall–Kier alpha value is -3.01. The van der Waals surface area contributed by atoms with Gasteiger partial charge in [-0.3, -0.25) is 4.98 Å². The van der Waals surface area contributed by atoms with Crippen molar-refractivity contribution in [3.63, 3.8) is 0 Å². The second-order valence-electron chi connectivity index (χ2n) is 5.68. The fraction of sp³-hybridized carbons (Fsp3) is 0.150. The van der Waals surface area contributed by atoms with E-state index in [1.807, 2.05) is 55.5 Å². The van der Waals surface area contributed by atoms with Crippen LogP contribution in [0, 0.1) is 6.92 Å². The van der Waals surface area contributed by atoms with E-state index in [0.717, 1.165) is 50.4 Å². The van der Waals surface area contributed by atoms with Gasteiger partial charge in [0, 0.05) is 22.7 Å². The van der Waals surface area contributed by atoms with Crippen LogP contribution in [-0.2, 0) is 0 Å². The molecule has 0 saturated heterocycles. The van der Waals surface area contributed by atoms with E-state index < -0.39 is 0 Å². The van der Waals surface area contributed by atoms with E-state index >= 15 is 0 Å². The van der Waals surface area contributed by atoms with E-state index in [0.29, 0.717) is 0 Å². The fourth-order valence-electron chi connectivity index (χ4n) is 2.98. The molecule has 2 aromatic heterocycles. The molecule has 0 saturated carbocycles. The maximum Gasteiger partial charge on any atom is 0.139 e. The van der Waals surface area contributed by atoms with Gasteiger partial charge in [0.25, 0.3) is 0 Å². The lowest BCUT2D eigenvalue weighted by atomic mass is 10.0. The minimum Gasteiger partial charge on any atom is -0.497 e. The van der Waals surface area contributed by atoms with Gasteiger partial charge in [0.05, 0.1) is 25.3 Å². The zero-order valence-electron chi connectivity index (χ0n) is 13.8. The first kappa shape index (κ1) is 14.6. The molecule has 24 heavy (non-hydrogen) atoms. The number of hydrogen-bond acceptors (Lipinski definition) is 4. The molecule has 0 aliphatic rings. The molecule has 0 aliphatic heterocycles. The van der Waals surface area contributed by atoms with E-state index in [2.05, 4.69) is 0 Å². The van der Waals surface area contributed by atoms with Crippen molar-refractivity contribution in [3.8, 4) is 22.8 Å². The molecule has 0 spiro atoms. The van der Waals surface area contributed by atoms with Crippen LogP contribution < -0.4 is 9.47 Å². The lowest BCUT2D eigenvalue weighted by molar-refractivity contribution is 0.415. The van der Waals surface area contributed by atoms with Gasteiger partial charge in [0.2, 0.25) is 0 Å². The molecule has 0 amide bonds. The van der Waals surface area contributed by atoms with E-state index in [1.54, 1.807) is 14.2 Å². The molecule has 120 valence electrons. The van der Waals surface area contributed by atoms with Gasteiger partial charge in [-0.2, -0.15) is 0 Å². The van der Waals surface area contributed by atoms with Crippen molar-refractivity contribution in [1.82, 2.24) is 4.98 Å². The number of fused-ring (bicyclic) bond motifs is 3. The number of furan rings is 1. The largest absolute Gasteiger partial charge is 0.497 e. The Morgan fingerprint density at radius 2 is 1.54 bits per heavy atom. The number of rotatable bonds is 3. The molecular formula is C20H17NO3. The molecule has 0 unspecified atom stereocenters. The van der Waals surface area contributed by atoms with Gasteiger partial charge >= 0.3 is 0 Å². The summed E-state index contributed by atoms with van der Waals surface area (Å²) in [5, 5.41) is 2.00. The van der Waals surface area contributed by atoms with Crippen molar-refractivity contribution >= 4 is 21.9 Å². The SMILES string of the molecule is COc1ccc(-c2nc(C)cc3oc4ccc(OC)cc4c23)cc1. The van der Waals surface area contributed by atoms with Crippen molar-refractivity contribution in [2.45, 2.75) is 6.92 Å². The number of nitrogens with zero attached hydrogens (tertiary/aromatic N) is 1. The molecule has 4 nitrogen and oxygen atoms in total. The average molecular weight is 319 g/mol. The smallest absolute Gasteiger partial charge is 0.139 e. The van der Waals surface area contributed by atoms with Gasteiger partial charge in [0.15, 0.2) is 0 Å². The van der Waals surface area contributed by atoms with Crippen LogP contribution >= 0.6 is 0 Å². The molecule has 4 rings (SSSR count). The summed E-state index contributed by atoms with van der Waals surface area (Å²) in [5.74, 6) is 1.62. The van der Waals surface area contributed by atoms with Crippen LogP contribution in [0.5, 0.6) is 11.5 Å².